The summed E-state index contributed by atoms with van der Waals surface area (Å²) in [5.74, 6) is 0.288. The maximum Gasteiger partial charge on any atom is 0.269 e. The number of aromatic amines is 1. The van der Waals surface area contributed by atoms with E-state index in [0.717, 1.165) is 31.5 Å². The van der Waals surface area contributed by atoms with E-state index >= 15 is 0 Å². The van der Waals surface area contributed by atoms with Gasteiger partial charge in [0, 0.05) is 18.1 Å². The smallest absolute Gasteiger partial charge is 0.269 e. The fraction of sp³-hybridized carbons (Fsp3) is 0.333. The molecular formula is C18H18ClN5O2S. The molecule has 1 aromatic carbocycles. The zero-order valence-corrected chi connectivity index (χ0v) is 16.3. The molecule has 0 bridgehead atoms. The lowest BCUT2D eigenvalue weighted by Gasteiger charge is -2.16. The molecule has 4 rings (SSSR count). The van der Waals surface area contributed by atoms with Gasteiger partial charge in [-0.3, -0.25) is 19.3 Å². The standard InChI is InChI=1S/C18H18ClN5O2S/c1-11-4-5-12(8-14(11)19)24-17(26)13-9-20-22-16(13)21-18(24)27-10-15(25)23-6-2-3-7-23/h4-5,8-9H,2-3,6-7,10H2,1H3,(H,20,22). The Labute approximate surface area is 164 Å². The van der Waals surface area contributed by atoms with Crippen molar-refractivity contribution >= 4 is 40.3 Å². The summed E-state index contributed by atoms with van der Waals surface area (Å²) >= 11 is 7.51. The summed E-state index contributed by atoms with van der Waals surface area (Å²) in [6.07, 6.45) is 3.55. The maximum atomic E-state index is 13.0. The van der Waals surface area contributed by atoms with E-state index < -0.39 is 0 Å². The second-order valence-corrected chi connectivity index (χ2v) is 7.83. The van der Waals surface area contributed by atoms with E-state index in [4.69, 9.17) is 11.6 Å². The molecular weight excluding hydrogens is 386 g/mol. The number of fused-ring (bicyclic) bond motifs is 1. The summed E-state index contributed by atoms with van der Waals surface area (Å²) in [5, 5.41) is 8.04. The number of aromatic nitrogens is 4. The predicted molar refractivity (Wildman–Crippen MR) is 106 cm³/mol. The highest BCUT2D eigenvalue weighted by molar-refractivity contribution is 7.99. The molecule has 0 spiro atoms. The maximum absolute atomic E-state index is 13.0. The molecule has 1 N–H and O–H groups in total. The van der Waals surface area contributed by atoms with Crippen LogP contribution in [0.2, 0.25) is 5.02 Å². The van der Waals surface area contributed by atoms with Gasteiger partial charge in [-0.1, -0.05) is 29.4 Å². The predicted octanol–water partition coefficient (Wildman–Crippen LogP) is 2.79. The number of carbonyl (C=O) groups excluding carboxylic acids is 1. The molecule has 1 amide bonds. The summed E-state index contributed by atoms with van der Waals surface area (Å²) in [7, 11) is 0. The number of nitrogens with one attached hydrogen (secondary N) is 1. The van der Waals surface area contributed by atoms with Crippen LogP contribution in [-0.2, 0) is 4.79 Å². The van der Waals surface area contributed by atoms with Crippen LogP contribution in [0.25, 0.3) is 16.7 Å². The average Bonchev–Trinajstić information content (AvgIpc) is 3.34. The molecule has 0 saturated carbocycles. The third-order valence-electron chi connectivity index (χ3n) is 4.65. The third kappa shape index (κ3) is 3.46. The van der Waals surface area contributed by atoms with Gasteiger partial charge in [-0.05, 0) is 37.5 Å². The first-order valence-corrected chi connectivity index (χ1v) is 10.0. The topological polar surface area (TPSA) is 83.9 Å². The van der Waals surface area contributed by atoms with Crippen LogP contribution in [0.15, 0.2) is 34.3 Å². The molecule has 0 unspecified atom stereocenters. The normalized spacial score (nSPS) is 14.2. The molecule has 9 heteroatoms. The number of halogens is 1. The van der Waals surface area contributed by atoms with E-state index in [1.54, 1.807) is 6.07 Å². The van der Waals surface area contributed by atoms with Crippen molar-refractivity contribution in [2.45, 2.75) is 24.9 Å². The summed E-state index contributed by atoms with van der Waals surface area (Å²) in [6.45, 7) is 3.50. The lowest BCUT2D eigenvalue weighted by molar-refractivity contribution is -0.127. The molecule has 1 fully saturated rings. The van der Waals surface area contributed by atoms with Gasteiger partial charge in [0.05, 0.1) is 17.6 Å². The highest BCUT2D eigenvalue weighted by atomic mass is 35.5. The van der Waals surface area contributed by atoms with Gasteiger partial charge >= 0.3 is 0 Å². The number of likely N-dealkylation sites (tertiary alicyclic amines) is 1. The number of hydrogen-bond donors (Lipinski definition) is 1. The lowest BCUT2D eigenvalue weighted by atomic mass is 10.2. The Balaban J connectivity index is 1.74. The Morgan fingerprint density at radius 2 is 2.11 bits per heavy atom. The highest BCUT2D eigenvalue weighted by Gasteiger charge is 2.20. The number of aryl methyl sites for hydroxylation is 1. The molecule has 0 atom stereocenters. The van der Waals surface area contributed by atoms with Gasteiger partial charge in [0.15, 0.2) is 10.8 Å². The Bertz CT molecular complexity index is 1070. The number of amides is 1. The number of rotatable bonds is 4. The van der Waals surface area contributed by atoms with Crippen LogP contribution in [0.4, 0.5) is 0 Å². The largest absolute Gasteiger partial charge is 0.342 e. The molecule has 1 aliphatic rings. The van der Waals surface area contributed by atoms with Gasteiger partial charge in [0.25, 0.3) is 5.56 Å². The summed E-state index contributed by atoms with van der Waals surface area (Å²) in [4.78, 5) is 31.8. The average molecular weight is 404 g/mol. The molecule has 1 aliphatic heterocycles. The molecule has 140 valence electrons. The fourth-order valence-corrected chi connectivity index (χ4v) is 4.19. The Kier molecular flexibility index (Phi) is 4.92. The van der Waals surface area contributed by atoms with Crippen molar-refractivity contribution in [3.63, 3.8) is 0 Å². The molecule has 3 heterocycles. The molecule has 27 heavy (non-hydrogen) atoms. The van der Waals surface area contributed by atoms with E-state index in [1.807, 2.05) is 24.0 Å². The second kappa shape index (κ2) is 7.36. The Morgan fingerprint density at radius 3 is 2.85 bits per heavy atom. The summed E-state index contributed by atoms with van der Waals surface area (Å²) in [5.41, 5.74) is 1.70. The van der Waals surface area contributed by atoms with Crippen molar-refractivity contribution in [3.05, 3.63) is 45.3 Å². The quantitative estimate of drug-likeness (QED) is 0.535. The van der Waals surface area contributed by atoms with Crippen LogP contribution in [0.5, 0.6) is 0 Å². The van der Waals surface area contributed by atoms with E-state index in [1.165, 1.54) is 22.5 Å². The van der Waals surface area contributed by atoms with Crippen LogP contribution < -0.4 is 5.56 Å². The van der Waals surface area contributed by atoms with Crippen LogP contribution in [-0.4, -0.2) is 49.4 Å². The number of carbonyl (C=O) groups is 1. The van der Waals surface area contributed by atoms with Gasteiger partial charge < -0.3 is 4.90 Å². The number of hydrogen-bond acceptors (Lipinski definition) is 5. The van der Waals surface area contributed by atoms with Crippen molar-refractivity contribution in [2.75, 3.05) is 18.8 Å². The fourth-order valence-electron chi connectivity index (χ4n) is 3.10. The van der Waals surface area contributed by atoms with Crippen molar-refractivity contribution in [1.82, 2.24) is 24.6 Å². The first-order valence-electron chi connectivity index (χ1n) is 8.68. The Morgan fingerprint density at radius 1 is 1.33 bits per heavy atom. The van der Waals surface area contributed by atoms with Crippen LogP contribution >= 0.6 is 23.4 Å². The molecule has 2 aromatic heterocycles. The zero-order valence-electron chi connectivity index (χ0n) is 14.7. The number of H-pyrrole nitrogens is 1. The van der Waals surface area contributed by atoms with E-state index in [9.17, 15) is 9.59 Å². The molecule has 0 radical (unpaired) electrons. The SMILES string of the molecule is Cc1ccc(-n2c(SCC(=O)N3CCCC3)nc3[nH]ncc3c2=O)cc1Cl. The monoisotopic (exact) mass is 403 g/mol. The van der Waals surface area contributed by atoms with Gasteiger partial charge in [0.1, 0.15) is 5.39 Å². The van der Waals surface area contributed by atoms with Crippen molar-refractivity contribution in [1.29, 1.82) is 0 Å². The van der Waals surface area contributed by atoms with Crippen LogP contribution in [0.1, 0.15) is 18.4 Å². The van der Waals surface area contributed by atoms with Crippen molar-refractivity contribution in [3.8, 4) is 5.69 Å². The van der Waals surface area contributed by atoms with Crippen molar-refractivity contribution < 1.29 is 4.79 Å². The minimum atomic E-state index is -0.246. The zero-order chi connectivity index (χ0) is 19.0. The second-order valence-electron chi connectivity index (χ2n) is 6.48. The molecule has 1 saturated heterocycles. The van der Waals surface area contributed by atoms with Gasteiger partial charge in [-0.2, -0.15) is 5.10 Å². The minimum absolute atomic E-state index is 0.0601. The Hall–Kier alpha value is -2.32. The minimum Gasteiger partial charge on any atom is -0.342 e. The number of benzene rings is 1. The van der Waals surface area contributed by atoms with Crippen molar-refractivity contribution in [2.24, 2.45) is 0 Å². The number of thioether (sulfide) groups is 1. The van der Waals surface area contributed by atoms with E-state index in [0.29, 0.717) is 26.9 Å². The van der Waals surface area contributed by atoms with Crippen LogP contribution in [0, 0.1) is 6.92 Å². The first-order chi connectivity index (χ1) is 13.0. The highest BCUT2D eigenvalue weighted by Crippen LogP contribution is 2.24. The summed E-state index contributed by atoms with van der Waals surface area (Å²) in [6, 6.07) is 5.41. The summed E-state index contributed by atoms with van der Waals surface area (Å²) < 4.78 is 1.49. The molecule has 7 nitrogen and oxygen atoms in total. The van der Waals surface area contributed by atoms with Gasteiger partial charge in [-0.15, -0.1) is 0 Å². The first kappa shape index (κ1) is 18.1. The van der Waals surface area contributed by atoms with E-state index in [2.05, 4.69) is 15.2 Å². The number of nitrogens with zero attached hydrogens (tertiary/aromatic N) is 4. The molecule has 3 aromatic rings. The van der Waals surface area contributed by atoms with Gasteiger partial charge in [-0.25, -0.2) is 4.98 Å². The lowest BCUT2D eigenvalue weighted by Crippen LogP contribution is -2.29. The van der Waals surface area contributed by atoms with E-state index in [-0.39, 0.29) is 17.2 Å². The molecule has 0 aliphatic carbocycles. The van der Waals surface area contributed by atoms with Crippen LogP contribution in [0.3, 0.4) is 0 Å². The third-order valence-corrected chi connectivity index (χ3v) is 5.98. The van der Waals surface area contributed by atoms with Gasteiger partial charge in [0.2, 0.25) is 5.91 Å².